The van der Waals surface area contributed by atoms with Gasteiger partial charge in [0.1, 0.15) is 17.2 Å². The average molecular weight is 574 g/mol. The summed E-state index contributed by atoms with van der Waals surface area (Å²) in [5.74, 6) is 0.650. The monoisotopic (exact) mass is 573 g/mol. The van der Waals surface area contributed by atoms with E-state index in [2.05, 4.69) is 6.92 Å². The van der Waals surface area contributed by atoms with Gasteiger partial charge in [0.05, 0.1) is 32.0 Å². The summed E-state index contributed by atoms with van der Waals surface area (Å²) < 4.78 is 23.0. The number of nitrogens with zero attached hydrogens (tertiary/aromatic N) is 1. The van der Waals surface area contributed by atoms with Crippen LogP contribution in [0.1, 0.15) is 71.5 Å². The summed E-state index contributed by atoms with van der Waals surface area (Å²) >= 11 is 0. The Morgan fingerprint density at radius 1 is 1.00 bits per heavy atom. The van der Waals surface area contributed by atoms with Crippen molar-refractivity contribution in [2.24, 2.45) is 0 Å². The van der Waals surface area contributed by atoms with Gasteiger partial charge < -0.3 is 29.0 Å². The number of carbonyl (C=O) groups excluding carboxylic acids is 1. The van der Waals surface area contributed by atoms with Crippen LogP contribution in [0.4, 0.5) is 5.69 Å². The standard InChI is InChI=1S/C34H39NO7/c1-19-17-26-24(14-15-35(26)32(36)25-11-10-21(39-6)18-28(25)40-7)30(29(19)31(33(37)38)42-34(3,4)5)23-12-13-27-22(20(23)2)9-8-16-41-27/h10-13,17-18,31H,8-9,14-16H2,1-7H3,(H,37,38). The first kappa shape index (κ1) is 29.5. The topological polar surface area (TPSA) is 94.5 Å². The number of carboxylic acid groups (broad SMARTS) is 1. The number of methoxy groups -OCH3 is 2. The van der Waals surface area contributed by atoms with Gasteiger partial charge in [0, 0.05) is 23.9 Å². The van der Waals surface area contributed by atoms with Crippen LogP contribution in [-0.4, -0.2) is 50.0 Å². The van der Waals surface area contributed by atoms with Crippen molar-refractivity contribution >= 4 is 17.6 Å². The molecule has 0 spiro atoms. The van der Waals surface area contributed by atoms with Crippen molar-refractivity contribution < 1.29 is 33.6 Å². The van der Waals surface area contributed by atoms with Crippen molar-refractivity contribution in [3.8, 4) is 28.4 Å². The van der Waals surface area contributed by atoms with Gasteiger partial charge in [-0.1, -0.05) is 6.07 Å². The van der Waals surface area contributed by atoms with Crippen LogP contribution < -0.4 is 19.1 Å². The maximum atomic E-state index is 14.0. The molecule has 1 amide bonds. The third-order valence-corrected chi connectivity index (χ3v) is 8.03. The molecule has 2 aliphatic rings. The number of carboxylic acids is 1. The molecule has 0 saturated heterocycles. The molecule has 0 radical (unpaired) electrons. The van der Waals surface area contributed by atoms with E-state index in [4.69, 9.17) is 18.9 Å². The minimum Gasteiger partial charge on any atom is -0.497 e. The van der Waals surface area contributed by atoms with Crippen LogP contribution in [0.15, 0.2) is 36.4 Å². The van der Waals surface area contributed by atoms with Crippen molar-refractivity contribution in [2.75, 3.05) is 32.3 Å². The van der Waals surface area contributed by atoms with Crippen molar-refractivity contribution in [1.29, 1.82) is 0 Å². The minimum absolute atomic E-state index is 0.192. The molecule has 0 aromatic heterocycles. The number of amides is 1. The highest BCUT2D eigenvalue weighted by Crippen LogP contribution is 2.47. The van der Waals surface area contributed by atoms with Gasteiger partial charge in [-0.15, -0.1) is 0 Å². The van der Waals surface area contributed by atoms with E-state index in [1.807, 2.05) is 45.9 Å². The first-order chi connectivity index (χ1) is 19.9. The van der Waals surface area contributed by atoms with Gasteiger partial charge in [0.2, 0.25) is 0 Å². The SMILES string of the molecule is COc1ccc(C(=O)N2CCc3c2cc(C)c(C(OC(C)(C)C)C(=O)O)c3-c2ccc3c(c2C)CCCO3)c(OC)c1. The summed E-state index contributed by atoms with van der Waals surface area (Å²) in [6.45, 7) is 10.7. The number of ether oxygens (including phenoxy) is 4. The Kier molecular flexibility index (Phi) is 7.94. The molecule has 0 aliphatic carbocycles. The molecule has 8 heteroatoms. The Balaban J connectivity index is 1.73. The number of carbonyl (C=O) groups is 2. The van der Waals surface area contributed by atoms with Crippen LogP contribution in [0.25, 0.3) is 11.1 Å². The molecule has 0 fully saturated rings. The predicted octanol–water partition coefficient (Wildman–Crippen LogP) is 6.46. The van der Waals surface area contributed by atoms with E-state index in [0.29, 0.717) is 42.2 Å². The summed E-state index contributed by atoms with van der Waals surface area (Å²) in [4.78, 5) is 28.5. The molecule has 0 saturated carbocycles. The van der Waals surface area contributed by atoms with E-state index >= 15 is 0 Å². The molecular formula is C34H39NO7. The fourth-order valence-electron chi connectivity index (χ4n) is 6.14. The van der Waals surface area contributed by atoms with Crippen LogP contribution in [0, 0.1) is 13.8 Å². The van der Waals surface area contributed by atoms with Crippen molar-refractivity contribution in [3.05, 3.63) is 69.8 Å². The first-order valence-electron chi connectivity index (χ1n) is 14.3. The highest BCUT2D eigenvalue weighted by Gasteiger charge is 2.37. The van der Waals surface area contributed by atoms with Gasteiger partial charge in [-0.2, -0.15) is 0 Å². The van der Waals surface area contributed by atoms with Crippen molar-refractivity contribution in [1.82, 2.24) is 0 Å². The second-order valence-corrected chi connectivity index (χ2v) is 11.9. The zero-order chi connectivity index (χ0) is 30.3. The quantitative estimate of drug-likeness (QED) is 0.347. The number of aliphatic carboxylic acids is 1. The number of hydrogen-bond donors (Lipinski definition) is 1. The number of aryl methyl sites for hydroxylation is 1. The molecule has 2 heterocycles. The fourth-order valence-corrected chi connectivity index (χ4v) is 6.14. The maximum absolute atomic E-state index is 14.0. The largest absolute Gasteiger partial charge is 0.497 e. The third kappa shape index (κ3) is 5.31. The van der Waals surface area contributed by atoms with E-state index in [9.17, 15) is 14.7 Å². The molecule has 2 aliphatic heterocycles. The number of hydrogen-bond acceptors (Lipinski definition) is 6. The Morgan fingerprint density at radius 2 is 1.76 bits per heavy atom. The lowest BCUT2D eigenvalue weighted by molar-refractivity contribution is -0.160. The van der Waals surface area contributed by atoms with Crippen molar-refractivity contribution in [3.63, 3.8) is 0 Å². The van der Waals surface area contributed by atoms with E-state index in [1.165, 1.54) is 7.11 Å². The number of rotatable bonds is 7. The van der Waals surface area contributed by atoms with Gasteiger partial charge in [-0.3, -0.25) is 4.79 Å². The normalized spacial score (nSPS) is 15.0. The van der Waals surface area contributed by atoms with E-state index in [1.54, 1.807) is 30.2 Å². The third-order valence-electron chi connectivity index (χ3n) is 8.03. The summed E-state index contributed by atoms with van der Waals surface area (Å²) in [6, 6.07) is 11.1. The second kappa shape index (κ2) is 11.3. The minimum atomic E-state index is -1.19. The maximum Gasteiger partial charge on any atom is 0.337 e. The zero-order valence-corrected chi connectivity index (χ0v) is 25.4. The lowest BCUT2D eigenvalue weighted by atomic mass is 9.83. The molecule has 5 rings (SSSR count). The van der Waals surface area contributed by atoms with Gasteiger partial charge in [-0.25, -0.2) is 4.79 Å². The Bertz CT molecular complexity index is 1550. The predicted molar refractivity (Wildman–Crippen MR) is 161 cm³/mol. The molecule has 3 aromatic rings. The van der Waals surface area contributed by atoms with Gasteiger partial charge >= 0.3 is 5.97 Å². The molecule has 1 unspecified atom stereocenters. The smallest absolute Gasteiger partial charge is 0.337 e. The number of fused-ring (bicyclic) bond motifs is 2. The van der Waals surface area contributed by atoms with E-state index < -0.39 is 17.7 Å². The Labute approximate surface area is 247 Å². The molecule has 1 N–H and O–H groups in total. The van der Waals surface area contributed by atoms with Gasteiger partial charge in [0.15, 0.2) is 6.10 Å². The first-order valence-corrected chi connectivity index (χ1v) is 14.3. The summed E-state index contributed by atoms with van der Waals surface area (Å²) in [5.41, 5.74) is 6.75. The van der Waals surface area contributed by atoms with Crippen LogP contribution in [0.2, 0.25) is 0 Å². The Morgan fingerprint density at radius 3 is 2.43 bits per heavy atom. The second-order valence-electron chi connectivity index (χ2n) is 11.9. The molecule has 0 bridgehead atoms. The Hall–Kier alpha value is -4.04. The van der Waals surface area contributed by atoms with Crippen LogP contribution in [0.3, 0.4) is 0 Å². The molecule has 8 nitrogen and oxygen atoms in total. The highest BCUT2D eigenvalue weighted by molar-refractivity contribution is 6.10. The molecule has 1 atom stereocenters. The van der Waals surface area contributed by atoms with Crippen LogP contribution >= 0.6 is 0 Å². The summed E-state index contributed by atoms with van der Waals surface area (Å²) in [7, 11) is 3.10. The molecule has 222 valence electrons. The van der Waals surface area contributed by atoms with Crippen molar-refractivity contribution in [2.45, 2.75) is 65.6 Å². The molecule has 3 aromatic carbocycles. The molecular weight excluding hydrogens is 534 g/mol. The average Bonchev–Trinajstić information content (AvgIpc) is 3.38. The van der Waals surface area contributed by atoms with Crippen LogP contribution in [0.5, 0.6) is 17.2 Å². The number of benzene rings is 3. The number of anilines is 1. The lowest BCUT2D eigenvalue weighted by Crippen LogP contribution is -2.30. The van der Waals surface area contributed by atoms with E-state index in [-0.39, 0.29) is 5.91 Å². The highest BCUT2D eigenvalue weighted by atomic mass is 16.5. The summed E-state index contributed by atoms with van der Waals surface area (Å²) in [5, 5.41) is 10.5. The lowest BCUT2D eigenvalue weighted by Gasteiger charge is -2.30. The zero-order valence-electron chi connectivity index (χ0n) is 25.4. The fraction of sp³-hybridized carbons (Fsp3) is 0.412. The molecule has 42 heavy (non-hydrogen) atoms. The van der Waals surface area contributed by atoms with Crippen LogP contribution in [-0.2, 0) is 22.4 Å². The van der Waals surface area contributed by atoms with E-state index in [0.717, 1.165) is 57.7 Å². The van der Waals surface area contributed by atoms with Gasteiger partial charge in [0.25, 0.3) is 5.91 Å². The van der Waals surface area contributed by atoms with Gasteiger partial charge in [-0.05, 0) is 112 Å². The summed E-state index contributed by atoms with van der Waals surface area (Å²) in [6.07, 6.45) is 1.19.